The zero-order valence-corrected chi connectivity index (χ0v) is 19.9. The molecule has 0 bridgehead atoms. The maximum Gasteiger partial charge on any atom is 0.241 e. The highest BCUT2D eigenvalue weighted by atomic mass is 16.2. The van der Waals surface area contributed by atoms with E-state index < -0.39 is 0 Å². The van der Waals surface area contributed by atoms with Crippen LogP contribution in [0.2, 0.25) is 0 Å². The Balaban J connectivity index is 1.61. The maximum absolute atomic E-state index is 13.5. The molecule has 1 saturated heterocycles. The molecule has 0 spiro atoms. The monoisotopic (exact) mass is 473 g/mol. The number of carbonyl (C=O) groups is 1. The molecular weight excluding hydrogens is 446 g/mol. The Bertz CT molecular complexity index is 1300. The van der Waals surface area contributed by atoms with Gasteiger partial charge in [0, 0.05) is 42.4 Å². The highest BCUT2D eigenvalue weighted by molar-refractivity contribution is 5.95. The third-order valence-electron chi connectivity index (χ3n) is 6.76. The third kappa shape index (κ3) is 5.02. The van der Waals surface area contributed by atoms with E-state index in [4.69, 9.17) is 0 Å². The summed E-state index contributed by atoms with van der Waals surface area (Å²) in [5, 5.41) is 12.7. The van der Waals surface area contributed by atoms with E-state index in [1.165, 1.54) is 0 Å². The van der Waals surface area contributed by atoms with Crippen molar-refractivity contribution in [2.45, 2.75) is 30.8 Å². The number of amides is 1. The number of hydrogen-bond donors (Lipinski definition) is 1. The molecule has 2 aromatic carbocycles. The summed E-state index contributed by atoms with van der Waals surface area (Å²) < 4.78 is 0. The van der Waals surface area contributed by atoms with Crippen LogP contribution in [0.1, 0.15) is 47.1 Å². The molecule has 0 aliphatic carbocycles. The Labute approximate surface area is 211 Å². The van der Waals surface area contributed by atoms with E-state index in [0.717, 1.165) is 41.8 Å². The largest absolute Gasteiger partial charge is 0.325 e. The van der Waals surface area contributed by atoms with E-state index in [-0.39, 0.29) is 23.9 Å². The number of hydrogen-bond acceptors (Lipinski definition) is 5. The van der Waals surface area contributed by atoms with Gasteiger partial charge in [0.2, 0.25) is 5.91 Å². The highest BCUT2D eigenvalue weighted by Gasteiger charge is 2.41. The molecule has 1 aliphatic heterocycles. The highest BCUT2D eigenvalue weighted by Crippen LogP contribution is 2.43. The minimum absolute atomic E-state index is 0.0174. The Morgan fingerprint density at radius 1 is 0.917 bits per heavy atom. The Morgan fingerprint density at radius 2 is 1.61 bits per heavy atom. The van der Waals surface area contributed by atoms with Crippen molar-refractivity contribution in [2.24, 2.45) is 0 Å². The number of nitrogens with one attached hydrogen (secondary N) is 1. The van der Waals surface area contributed by atoms with Crippen molar-refractivity contribution in [3.05, 3.63) is 126 Å². The predicted octanol–water partition coefficient (Wildman–Crippen LogP) is 5.32. The molecule has 6 nitrogen and oxygen atoms in total. The summed E-state index contributed by atoms with van der Waals surface area (Å²) in [4.78, 5) is 24.7. The summed E-state index contributed by atoms with van der Waals surface area (Å²) in [6.45, 7) is 0.769. The smallest absolute Gasteiger partial charge is 0.241 e. The maximum atomic E-state index is 13.5. The van der Waals surface area contributed by atoms with Crippen LogP contribution in [0.4, 0.5) is 5.69 Å². The summed E-state index contributed by atoms with van der Waals surface area (Å²) in [7, 11) is 0. The Kier molecular flexibility index (Phi) is 7.11. The van der Waals surface area contributed by atoms with Gasteiger partial charge in [-0.25, -0.2) is 0 Å². The molecule has 4 aromatic rings. The number of carbonyl (C=O) groups excluding carboxylic acids is 1. The van der Waals surface area contributed by atoms with Crippen molar-refractivity contribution < 1.29 is 4.79 Å². The normalized spacial score (nSPS) is 16.4. The van der Waals surface area contributed by atoms with Crippen LogP contribution in [-0.4, -0.2) is 33.4 Å². The van der Waals surface area contributed by atoms with E-state index in [1.807, 2.05) is 73.1 Å². The average molecular weight is 474 g/mol. The zero-order chi connectivity index (χ0) is 24.7. The van der Waals surface area contributed by atoms with E-state index in [0.29, 0.717) is 5.56 Å². The van der Waals surface area contributed by atoms with Crippen LogP contribution in [0.25, 0.3) is 0 Å². The number of aromatic nitrogens is 2. The molecule has 0 saturated carbocycles. The number of pyridine rings is 2. The van der Waals surface area contributed by atoms with Gasteiger partial charge in [-0.15, -0.1) is 0 Å². The Hall–Kier alpha value is -4.34. The molecule has 6 heteroatoms. The molecule has 1 aliphatic rings. The summed E-state index contributed by atoms with van der Waals surface area (Å²) in [6, 6.07) is 27.1. The molecule has 2 aromatic heterocycles. The SMILES string of the molecule is N#Cc1cccc(C(C(c2cccnc2)c2cccnc2)N2CCCC2C(=O)Nc2ccccc2)c1. The van der Waals surface area contributed by atoms with Gasteiger partial charge in [0.25, 0.3) is 0 Å². The van der Waals surface area contributed by atoms with Crippen LogP contribution in [0.3, 0.4) is 0 Å². The molecular formula is C30H27N5O. The topological polar surface area (TPSA) is 81.9 Å². The number of nitrogens with zero attached hydrogens (tertiary/aromatic N) is 4. The molecule has 2 unspecified atom stereocenters. The van der Waals surface area contributed by atoms with Crippen LogP contribution in [0.5, 0.6) is 0 Å². The molecule has 1 amide bonds. The minimum Gasteiger partial charge on any atom is -0.325 e. The quantitative estimate of drug-likeness (QED) is 0.393. The fraction of sp³-hybridized carbons (Fsp3) is 0.200. The minimum atomic E-state index is -0.309. The van der Waals surface area contributed by atoms with E-state index >= 15 is 0 Å². The fourth-order valence-electron chi connectivity index (χ4n) is 5.20. The summed E-state index contributed by atoms with van der Waals surface area (Å²) >= 11 is 0. The van der Waals surface area contributed by atoms with Gasteiger partial charge in [0.15, 0.2) is 0 Å². The molecule has 1 N–H and O–H groups in total. The Morgan fingerprint density at radius 3 is 2.25 bits per heavy atom. The lowest BCUT2D eigenvalue weighted by atomic mass is 9.81. The predicted molar refractivity (Wildman–Crippen MR) is 139 cm³/mol. The lowest BCUT2D eigenvalue weighted by molar-refractivity contribution is -0.121. The van der Waals surface area contributed by atoms with E-state index in [9.17, 15) is 10.1 Å². The summed E-state index contributed by atoms with van der Waals surface area (Å²) in [6.07, 6.45) is 8.97. The fourth-order valence-corrected chi connectivity index (χ4v) is 5.20. The molecule has 1 fully saturated rings. The zero-order valence-electron chi connectivity index (χ0n) is 19.9. The van der Waals surface area contributed by atoms with Gasteiger partial charge in [0.1, 0.15) is 0 Å². The van der Waals surface area contributed by atoms with E-state index in [1.54, 1.807) is 12.4 Å². The van der Waals surface area contributed by atoms with Crippen LogP contribution in [-0.2, 0) is 4.79 Å². The van der Waals surface area contributed by atoms with Crippen LogP contribution in [0.15, 0.2) is 104 Å². The summed E-state index contributed by atoms with van der Waals surface area (Å²) in [5.74, 6) is -0.150. The van der Waals surface area contributed by atoms with Gasteiger partial charge >= 0.3 is 0 Å². The second-order valence-electron chi connectivity index (χ2n) is 8.98. The van der Waals surface area contributed by atoms with Crippen molar-refractivity contribution in [1.29, 1.82) is 5.26 Å². The second kappa shape index (κ2) is 10.9. The first kappa shape index (κ1) is 23.4. The third-order valence-corrected chi connectivity index (χ3v) is 6.76. The van der Waals surface area contributed by atoms with Crippen LogP contribution >= 0.6 is 0 Å². The molecule has 5 rings (SSSR count). The van der Waals surface area contributed by atoms with Gasteiger partial charge in [-0.05, 0) is 72.5 Å². The average Bonchev–Trinajstić information content (AvgIpc) is 3.43. The molecule has 36 heavy (non-hydrogen) atoms. The lowest BCUT2D eigenvalue weighted by Crippen LogP contribution is -2.43. The number of nitriles is 1. The first-order valence-electron chi connectivity index (χ1n) is 12.2. The van der Waals surface area contributed by atoms with Crippen molar-refractivity contribution in [2.75, 3.05) is 11.9 Å². The number of rotatable bonds is 7. The molecule has 0 radical (unpaired) electrons. The van der Waals surface area contributed by atoms with Crippen molar-refractivity contribution in [3.8, 4) is 6.07 Å². The number of likely N-dealkylation sites (tertiary alicyclic amines) is 1. The van der Waals surface area contributed by atoms with Crippen LogP contribution in [0, 0.1) is 11.3 Å². The van der Waals surface area contributed by atoms with Gasteiger partial charge in [-0.2, -0.15) is 5.26 Å². The molecule has 3 heterocycles. The van der Waals surface area contributed by atoms with Crippen LogP contribution < -0.4 is 5.32 Å². The van der Waals surface area contributed by atoms with Gasteiger partial charge in [-0.1, -0.05) is 42.5 Å². The lowest BCUT2D eigenvalue weighted by Gasteiger charge is -2.38. The first-order chi connectivity index (χ1) is 17.7. The van der Waals surface area contributed by atoms with Crippen molar-refractivity contribution in [3.63, 3.8) is 0 Å². The van der Waals surface area contributed by atoms with Gasteiger partial charge in [0.05, 0.1) is 17.7 Å². The van der Waals surface area contributed by atoms with Gasteiger partial charge < -0.3 is 5.32 Å². The number of benzene rings is 2. The standard InChI is InChI=1S/C30H27N5O/c31-19-22-8-4-9-23(18-22)29(28(24-10-5-15-32-20-24)25-11-6-16-33-21-25)35-17-7-14-27(35)30(36)34-26-12-2-1-3-13-26/h1-6,8-13,15-16,18,20-21,27-29H,7,14,17H2,(H,34,36). The van der Waals surface area contributed by atoms with Gasteiger partial charge in [-0.3, -0.25) is 19.7 Å². The summed E-state index contributed by atoms with van der Waals surface area (Å²) in [5.41, 5.74) is 4.44. The number of anilines is 1. The van der Waals surface area contributed by atoms with Crippen molar-refractivity contribution >= 4 is 11.6 Å². The first-order valence-corrected chi connectivity index (χ1v) is 12.2. The molecule has 178 valence electrons. The second-order valence-corrected chi connectivity index (χ2v) is 8.98. The van der Waals surface area contributed by atoms with Crippen molar-refractivity contribution in [1.82, 2.24) is 14.9 Å². The molecule has 2 atom stereocenters. The number of para-hydroxylation sites is 1. The van der Waals surface area contributed by atoms with E-state index in [2.05, 4.69) is 44.5 Å².